The van der Waals surface area contributed by atoms with Gasteiger partial charge < -0.3 is 15.6 Å². The average molecular weight is 492 g/mol. The Morgan fingerprint density at radius 3 is 2.43 bits per heavy atom. The minimum atomic E-state index is -0.157. The number of benzene rings is 2. The number of carbonyl (C=O) groups excluding carboxylic acids is 1. The summed E-state index contributed by atoms with van der Waals surface area (Å²) in [6, 6.07) is 23.0. The second kappa shape index (κ2) is 9.78. The number of hydrogen-bond acceptors (Lipinski definition) is 4. The van der Waals surface area contributed by atoms with Crippen LogP contribution in [0.1, 0.15) is 42.3 Å². The molecule has 0 aliphatic rings. The quantitative estimate of drug-likeness (QED) is 0.286. The molecule has 37 heavy (non-hydrogen) atoms. The highest BCUT2D eigenvalue weighted by atomic mass is 16.1. The highest BCUT2D eigenvalue weighted by Gasteiger charge is 2.13. The molecule has 0 spiro atoms. The van der Waals surface area contributed by atoms with Crippen molar-refractivity contribution in [3.05, 3.63) is 118 Å². The first-order valence-electron chi connectivity index (χ1n) is 12.2. The van der Waals surface area contributed by atoms with Gasteiger partial charge in [0.1, 0.15) is 0 Å². The molecule has 0 aliphatic heterocycles. The normalized spacial score (nSPS) is 11.4. The molecule has 186 valence electrons. The van der Waals surface area contributed by atoms with Crippen LogP contribution in [-0.2, 0) is 12.0 Å². The van der Waals surface area contributed by atoms with E-state index in [2.05, 4.69) is 65.6 Å². The number of nitrogens with zero attached hydrogens (tertiary/aromatic N) is 2. The molecule has 5 aromatic rings. The standard InChI is InChI=1S/C30H29N5O2/c1-30(2,3)23-8-4-20(5-9-23)19-33-29(37)21-6-10-24(11-7-21)34-25-12-13-26(35-17-16-32-28(25)35)22-14-15-31-27(36)18-22/h4-18,34H,19H2,1-3H3,(H,31,36)(H,33,37). The van der Waals surface area contributed by atoms with Gasteiger partial charge in [-0.1, -0.05) is 45.0 Å². The van der Waals surface area contributed by atoms with Crippen molar-refractivity contribution in [3.8, 4) is 11.3 Å². The van der Waals surface area contributed by atoms with E-state index in [-0.39, 0.29) is 16.9 Å². The third-order valence-electron chi connectivity index (χ3n) is 6.32. The van der Waals surface area contributed by atoms with E-state index in [4.69, 9.17) is 0 Å². The molecule has 0 aliphatic carbocycles. The first-order valence-corrected chi connectivity index (χ1v) is 12.2. The van der Waals surface area contributed by atoms with Gasteiger partial charge in [-0.05, 0) is 59.0 Å². The van der Waals surface area contributed by atoms with Crippen molar-refractivity contribution >= 4 is 22.9 Å². The van der Waals surface area contributed by atoms with Crippen molar-refractivity contribution < 1.29 is 4.79 Å². The molecule has 1 amide bonds. The number of carbonyl (C=O) groups is 1. The van der Waals surface area contributed by atoms with Crippen LogP contribution in [-0.4, -0.2) is 20.3 Å². The number of amides is 1. The van der Waals surface area contributed by atoms with E-state index in [0.717, 1.165) is 33.8 Å². The van der Waals surface area contributed by atoms with Crippen molar-refractivity contribution in [3.63, 3.8) is 0 Å². The minimum absolute atomic E-state index is 0.103. The summed E-state index contributed by atoms with van der Waals surface area (Å²) in [5.41, 5.74) is 6.92. The lowest BCUT2D eigenvalue weighted by atomic mass is 9.87. The number of nitrogens with one attached hydrogen (secondary N) is 3. The molecule has 2 aromatic carbocycles. The van der Waals surface area contributed by atoms with Crippen molar-refractivity contribution in [1.82, 2.24) is 19.7 Å². The molecule has 0 saturated heterocycles. The zero-order valence-corrected chi connectivity index (χ0v) is 21.1. The Balaban J connectivity index is 1.26. The van der Waals surface area contributed by atoms with Crippen LogP contribution in [0.5, 0.6) is 0 Å². The monoisotopic (exact) mass is 491 g/mol. The largest absolute Gasteiger partial charge is 0.352 e. The summed E-state index contributed by atoms with van der Waals surface area (Å²) in [6.45, 7) is 7.02. The zero-order valence-electron chi connectivity index (χ0n) is 21.1. The van der Waals surface area contributed by atoms with Crippen LogP contribution >= 0.6 is 0 Å². The van der Waals surface area contributed by atoms with E-state index < -0.39 is 0 Å². The number of anilines is 2. The van der Waals surface area contributed by atoms with E-state index in [1.54, 1.807) is 30.6 Å². The van der Waals surface area contributed by atoms with Gasteiger partial charge in [0.25, 0.3) is 5.91 Å². The van der Waals surface area contributed by atoms with Crippen molar-refractivity contribution in [2.75, 3.05) is 5.32 Å². The van der Waals surface area contributed by atoms with Gasteiger partial charge in [0.05, 0.1) is 11.4 Å². The van der Waals surface area contributed by atoms with Gasteiger partial charge in [0.15, 0.2) is 5.65 Å². The molecule has 5 rings (SSSR count). The first kappa shape index (κ1) is 24.1. The van der Waals surface area contributed by atoms with Crippen molar-refractivity contribution in [2.45, 2.75) is 32.7 Å². The Kier molecular flexibility index (Phi) is 6.36. The summed E-state index contributed by atoms with van der Waals surface area (Å²) in [4.78, 5) is 31.6. The number of imidazole rings is 1. The summed E-state index contributed by atoms with van der Waals surface area (Å²) >= 11 is 0. The maximum absolute atomic E-state index is 12.7. The summed E-state index contributed by atoms with van der Waals surface area (Å²) in [5, 5.41) is 6.37. The second-order valence-electron chi connectivity index (χ2n) is 10.0. The minimum Gasteiger partial charge on any atom is -0.352 e. The maximum atomic E-state index is 12.7. The number of hydrogen-bond donors (Lipinski definition) is 3. The fourth-order valence-corrected chi connectivity index (χ4v) is 4.22. The van der Waals surface area contributed by atoms with Crippen LogP contribution in [0, 0.1) is 0 Å². The molecular weight excluding hydrogens is 462 g/mol. The third-order valence-corrected chi connectivity index (χ3v) is 6.32. The van der Waals surface area contributed by atoms with E-state index in [0.29, 0.717) is 12.1 Å². The van der Waals surface area contributed by atoms with Crippen LogP contribution in [0.25, 0.3) is 16.9 Å². The number of H-pyrrole nitrogens is 1. The molecule has 3 N–H and O–H groups in total. The average Bonchev–Trinajstić information content (AvgIpc) is 3.38. The molecule has 0 unspecified atom stereocenters. The van der Waals surface area contributed by atoms with Gasteiger partial charge in [-0.15, -0.1) is 0 Å². The first-order chi connectivity index (χ1) is 17.8. The second-order valence-corrected chi connectivity index (χ2v) is 10.0. The van der Waals surface area contributed by atoms with Gasteiger partial charge in [0, 0.05) is 48.0 Å². The smallest absolute Gasteiger partial charge is 0.251 e. The highest BCUT2D eigenvalue weighted by Crippen LogP contribution is 2.27. The van der Waals surface area contributed by atoms with E-state index in [9.17, 15) is 9.59 Å². The highest BCUT2D eigenvalue weighted by molar-refractivity contribution is 5.94. The topological polar surface area (TPSA) is 91.3 Å². The Morgan fingerprint density at radius 2 is 1.73 bits per heavy atom. The predicted molar refractivity (Wildman–Crippen MR) is 147 cm³/mol. The summed E-state index contributed by atoms with van der Waals surface area (Å²) < 4.78 is 1.94. The molecule has 0 fully saturated rings. The van der Waals surface area contributed by atoms with Crippen LogP contribution in [0.2, 0.25) is 0 Å². The summed E-state index contributed by atoms with van der Waals surface area (Å²) in [5.74, 6) is -0.121. The van der Waals surface area contributed by atoms with Gasteiger partial charge in [0.2, 0.25) is 5.56 Å². The van der Waals surface area contributed by atoms with Crippen LogP contribution in [0.15, 0.2) is 96.2 Å². The fourth-order valence-electron chi connectivity index (χ4n) is 4.22. The Labute approximate surface area is 215 Å². The molecule has 7 heteroatoms. The molecule has 0 bridgehead atoms. The molecular formula is C30H29N5O2. The van der Waals surface area contributed by atoms with Gasteiger partial charge in [-0.3, -0.25) is 14.0 Å². The van der Waals surface area contributed by atoms with E-state index in [1.807, 2.05) is 40.9 Å². The van der Waals surface area contributed by atoms with Gasteiger partial charge in [-0.25, -0.2) is 4.98 Å². The molecule has 0 saturated carbocycles. The summed E-state index contributed by atoms with van der Waals surface area (Å²) in [7, 11) is 0. The number of aromatic amines is 1. The van der Waals surface area contributed by atoms with Crippen molar-refractivity contribution in [1.29, 1.82) is 0 Å². The van der Waals surface area contributed by atoms with Gasteiger partial charge >= 0.3 is 0 Å². The lowest BCUT2D eigenvalue weighted by molar-refractivity contribution is 0.0951. The number of fused-ring (bicyclic) bond motifs is 1. The Hall–Kier alpha value is -4.65. The predicted octanol–water partition coefficient (Wildman–Crippen LogP) is 5.66. The number of aromatic nitrogens is 3. The fraction of sp³-hybridized carbons (Fsp3) is 0.167. The number of rotatable bonds is 6. The lowest BCUT2D eigenvalue weighted by Crippen LogP contribution is -2.22. The molecule has 3 aromatic heterocycles. The number of pyridine rings is 2. The van der Waals surface area contributed by atoms with Crippen molar-refractivity contribution in [2.24, 2.45) is 0 Å². The van der Waals surface area contributed by atoms with Crippen LogP contribution < -0.4 is 16.2 Å². The molecule has 0 atom stereocenters. The Morgan fingerprint density at radius 1 is 0.973 bits per heavy atom. The maximum Gasteiger partial charge on any atom is 0.251 e. The Bertz CT molecular complexity index is 1610. The zero-order chi connectivity index (χ0) is 26.0. The van der Waals surface area contributed by atoms with Gasteiger partial charge in [-0.2, -0.15) is 0 Å². The molecule has 3 heterocycles. The van der Waals surface area contributed by atoms with Crippen LogP contribution in [0.4, 0.5) is 11.4 Å². The van der Waals surface area contributed by atoms with Crippen LogP contribution in [0.3, 0.4) is 0 Å². The molecule has 7 nitrogen and oxygen atoms in total. The SMILES string of the molecule is CC(C)(C)c1ccc(CNC(=O)c2ccc(Nc3ccc(-c4cc[nH]c(=O)c4)n4ccnc34)cc2)cc1. The van der Waals surface area contributed by atoms with E-state index in [1.165, 1.54) is 5.56 Å². The summed E-state index contributed by atoms with van der Waals surface area (Å²) in [6.07, 6.45) is 5.22. The third kappa shape index (κ3) is 5.30. The molecule has 0 radical (unpaired) electrons. The van der Waals surface area contributed by atoms with E-state index >= 15 is 0 Å². The lowest BCUT2D eigenvalue weighted by Gasteiger charge is -2.19.